The Balaban J connectivity index is 2.66. The molecular formula is C9H17F3N2. The van der Waals surface area contributed by atoms with E-state index in [0.717, 1.165) is 0 Å². The van der Waals surface area contributed by atoms with Crippen LogP contribution in [-0.4, -0.2) is 36.4 Å². The summed E-state index contributed by atoms with van der Waals surface area (Å²) >= 11 is 0. The molecule has 1 aliphatic heterocycles. The van der Waals surface area contributed by atoms with Gasteiger partial charge in [0.15, 0.2) is 0 Å². The Morgan fingerprint density at radius 3 is 2.07 bits per heavy atom. The van der Waals surface area contributed by atoms with Gasteiger partial charge < -0.3 is 5.32 Å². The van der Waals surface area contributed by atoms with Gasteiger partial charge in [-0.15, -0.1) is 0 Å². The van der Waals surface area contributed by atoms with Crippen LogP contribution in [0.15, 0.2) is 0 Å². The number of piperidine rings is 1. The van der Waals surface area contributed by atoms with Crippen LogP contribution < -0.4 is 5.32 Å². The summed E-state index contributed by atoms with van der Waals surface area (Å²) in [6, 6.07) is -0.825. The Hall–Kier alpha value is -0.290. The molecule has 0 bridgehead atoms. The largest absolute Gasteiger partial charge is 0.460 e. The molecule has 0 atom stereocenters. The van der Waals surface area contributed by atoms with Gasteiger partial charge in [0.1, 0.15) is 0 Å². The van der Waals surface area contributed by atoms with Crippen molar-refractivity contribution in [2.24, 2.45) is 0 Å². The lowest BCUT2D eigenvalue weighted by atomic mass is 10.0. The molecular weight excluding hydrogens is 193 g/mol. The standard InChI is InChI=1S/C9H17F3N2/c1-7(2)14(9(10,11)12)8-3-5-13-6-4-8/h7-8,13H,3-6H2,1-2H3. The first-order valence-electron chi connectivity index (χ1n) is 4.99. The fraction of sp³-hybridized carbons (Fsp3) is 1.00. The highest BCUT2D eigenvalue weighted by molar-refractivity contribution is 4.81. The van der Waals surface area contributed by atoms with E-state index in [1.807, 2.05) is 0 Å². The number of nitrogens with one attached hydrogen (secondary N) is 1. The van der Waals surface area contributed by atoms with Gasteiger partial charge >= 0.3 is 6.30 Å². The molecule has 1 aliphatic rings. The zero-order valence-electron chi connectivity index (χ0n) is 8.56. The van der Waals surface area contributed by atoms with Crippen molar-refractivity contribution >= 4 is 0 Å². The van der Waals surface area contributed by atoms with Gasteiger partial charge in [0.05, 0.1) is 0 Å². The number of rotatable bonds is 2. The molecule has 1 rings (SSSR count). The van der Waals surface area contributed by atoms with Crippen LogP contribution in [0.5, 0.6) is 0 Å². The fourth-order valence-electron chi connectivity index (χ4n) is 2.01. The number of halogens is 3. The van der Waals surface area contributed by atoms with Gasteiger partial charge in [-0.05, 0) is 39.8 Å². The van der Waals surface area contributed by atoms with Crippen molar-refractivity contribution in [3.8, 4) is 0 Å². The first kappa shape index (κ1) is 11.8. The summed E-state index contributed by atoms with van der Waals surface area (Å²) in [6.07, 6.45) is -3.04. The van der Waals surface area contributed by atoms with Crippen molar-refractivity contribution in [1.29, 1.82) is 0 Å². The summed E-state index contributed by atoms with van der Waals surface area (Å²) in [4.78, 5) is 0.674. The minimum atomic E-state index is -4.20. The molecule has 0 aromatic rings. The first-order chi connectivity index (χ1) is 6.43. The lowest BCUT2D eigenvalue weighted by molar-refractivity contribution is -0.270. The third kappa shape index (κ3) is 2.85. The highest BCUT2D eigenvalue weighted by atomic mass is 19.4. The second kappa shape index (κ2) is 4.49. The van der Waals surface area contributed by atoms with Crippen molar-refractivity contribution in [1.82, 2.24) is 10.2 Å². The average molecular weight is 210 g/mol. The van der Waals surface area contributed by atoms with Crippen molar-refractivity contribution in [2.75, 3.05) is 13.1 Å². The van der Waals surface area contributed by atoms with E-state index in [4.69, 9.17) is 0 Å². The van der Waals surface area contributed by atoms with Crippen LogP contribution >= 0.6 is 0 Å². The van der Waals surface area contributed by atoms with Gasteiger partial charge in [-0.3, -0.25) is 0 Å². The number of hydrogen-bond acceptors (Lipinski definition) is 2. The minimum Gasteiger partial charge on any atom is -0.317 e. The first-order valence-corrected chi connectivity index (χ1v) is 4.99. The number of alkyl halides is 3. The monoisotopic (exact) mass is 210 g/mol. The summed E-state index contributed by atoms with van der Waals surface area (Å²) in [6.45, 7) is 4.55. The predicted octanol–water partition coefficient (Wildman–Crippen LogP) is 1.97. The lowest BCUT2D eigenvalue weighted by Crippen LogP contribution is -2.53. The Labute approximate surface area is 82.5 Å². The van der Waals surface area contributed by atoms with E-state index in [-0.39, 0.29) is 6.04 Å². The van der Waals surface area contributed by atoms with Gasteiger partial charge in [0.2, 0.25) is 0 Å². The molecule has 1 saturated heterocycles. The number of hydrogen-bond donors (Lipinski definition) is 1. The second-order valence-electron chi connectivity index (χ2n) is 3.95. The maximum Gasteiger partial charge on any atom is 0.460 e. The van der Waals surface area contributed by atoms with Crippen LogP contribution in [0, 0.1) is 0 Å². The third-order valence-electron chi connectivity index (χ3n) is 2.55. The molecule has 0 aromatic carbocycles. The molecule has 0 spiro atoms. The molecule has 84 valence electrons. The summed E-state index contributed by atoms with van der Waals surface area (Å²) in [5.74, 6) is 0. The topological polar surface area (TPSA) is 15.3 Å². The Morgan fingerprint density at radius 1 is 1.21 bits per heavy atom. The Bertz CT molecular complexity index is 173. The highest BCUT2D eigenvalue weighted by Crippen LogP contribution is 2.29. The molecule has 0 saturated carbocycles. The van der Waals surface area contributed by atoms with Crippen LogP contribution in [0.3, 0.4) is 0 Å². The number of nitrogens with zero attached hydrogens (tertiary/aromatic N) is 1. The quantitative estimate of drug-likeness (QED) is 0.701. The van der Waals surface area contributed by atoms with Gasteiger partial charge in [0.25, 0.3) is 0 Å². The minimum absolute atomic E-state index is 0.351. The van der Waals surface area contributed by atoms with E-state index in [9.17, 15) is 13.2 Å². The molecule has 2 nitrogen and oxygen atoms in total. The van der Waals surface area contributed by atoms with E-state index in [2.05, 4.69) is 5.32 Å². The molecule has 5 heteroatoms. The van der Waals surface area contributed by atoms with Crippen molar-refractivity contribution in [3.05, 3.63) is 0 Å². The summed E-state index contributed by atoms with van der Waals surface area (Å²) in [7, 11) is 0. The Kier molecular flexibility index (Phi) is 3.78. The van der Waals surface area contributed by atoms with Gasteiger partial charge in [-0.1, -0.05) is 0 Å². The van der Waals surface area contributed by atoms with Gasteiger partial charge in [0, 0.05) is 12.1 Å². The maximum absolute atomic E-state index is 12.7. The molecule has 1 heterocycles. The SMILES string of the molecule is CC(C)N(C1CCNCC1)C(F)(F)F. The summed E-state index contributed by atoms with van der Waals surface area (Å²) in [5, 5.41) is 3.07. The van der Waals surface area contributed by atoms with Crippen LogP contribution in [-0.2, 0) is 0 Å². The van der Waals surface area contributed by atoms with Crippen LogP contribution in [0.1, 0.15) is 26.7 Å². The molecule has 0 radical (unpaired) electrons. The van der Waals surface area contributed by atoms with E-state index in [1.165, 1.54) is 0 Å². The van der Waals surface area contributed by atoms with Gasteiger partial charge in [-0.2, -0.15) is 13.2 Å². The van der Waals surface area contributed by atoms with E-state index in [0.29, 0.717) is 30.8 Å². The Morgan fingerprint density at radius 2 is 1.71 bits per heavy atom. The van der Waals surface area contributed by atoms with Crippen LogP contribution in [0.25, 0.3) is 0 Å². The zero-order valence-corrected chi connectivity index (χ0v) is 8.56. The van der Waals surface area contributed by atoms with Gasteiger partial charge in [-0.25, -0.2) is 4.90 Å². The normalized spacial score (nSPS) is 20.8. The smallest absolute Gasteiger partial charge is 0.317 e. The molecule has 0 aromatic heterocycles. The van der Waals surface area contributed by atoms with Crippen molar-refractivity contribution in [3.63, 3.8) is 0 Å². The third-order valence-corrected chi connectivity index (χ3v) is 2.55. The van der Waals surface area contributed by atoms with Crippen LogP contribution in [0.2, 0.25) is 0 Å². The summed E-state index contributed by atoms with van der Waals surface area (Å²) in [5.41, 5.74) is 0. The van der Waals surface area contributed by atoms with E-state index in [1.54, 1.807) is 13.8 Å². The summed E-state index contributed by atoms with van der Waals surface area (Å²) < 4.78 is 38.0. The van der Waals surface area contributed by atoms with Crippen molar-refractivity contribution < 1.29 is 13.2 Å². The second-order valence-corrected chi connectivity index (χ2v) is 3.95. The predicted molar refractivity (Wildman–Crippen MR) is 48.9 cm³/mol. The van der Waals surface area contributed by atoms with E-state index >= 15 is 0 Å². The fourth-order valence-corrected chi connectivity index (χ4v) is 2.01. The molecule has 0 amide bonds. The average Bonchev–Trinajstić information content (AvgIpc) is 2.02. The maximum atomic E-state index is 12.7. The van der Waals surface area contributed by atoms with E-state index < -0.39 is 12.3 Å². The van der Waals surface area contributed by atoms with Crippen LogP contribution in [0.4, 0.5) is 13.2 Å². The highest BCUT2D eigenvalue weighted by Gasteiger charge is 2.43. The molecule has 14 heavy (non-hydrogen) atoms. The molecule has 0 aliphatic carbocycles. The molecule has 0 unspecified atom stereocenters. The molecule has 1 fully saturated rings. The van der Waals surface area contributed by atoms with Crippen molar-refractivity contribution in [2.45, 2.75) is 45.1 Å². The zero-order chi connectivity index (χ0) is 10.8. The molecule has 1 N–H and O–H groups in total. The lowest BCUT2D eigenvalue weighted by Gasteiger charge is -2.38.